The van der Waals surface area contributed by atoms with E-state index in [2.05, 4.69) is 51.3 Å². The lowest BCUT2D eigenvalue weighted by Gasteiger charge is -2.36. The minimum atomic E-state index is 0.164. The molecule has 5 rings (SSSR count). The third-order valence-corrected chi connectivity index (χ3v) is 7.58. The van der Waals surface area contributed by atoms with Crippen LogP contribution in [0.15, 0.2) is 36.7 Å². The van der Waals surface area contributed by atoms with Gasteiger partial charge in [-0.3, -0.25) is 5.10 Å². The Morgan fingerprint density at radius 2 is 1.78 bits per heavy atom. The van der Waals surface area contributed by atoms with Crippen molar-refractivity contribution in [2.75, 3.05) is 26.0 Å². The number of nitrogens with one attached hydrogen (secondary N) is 1. The Hall–Kier alpha value is -3.04. The highest BCUT2D eigenvalue weighted by molar-refractivity contribution is 7.22. The summed E-state index contributed by atoms with van der Waals surface area (Å²) in [6.07, 6.45) is 8.29. The van der Waals surface area contributed by atoms with Gasteiger partial charge in [0.1, 0.15) is 5.75 Å². The van der Waals surface area contributed by atoms with Gasteiger partial charge in [-0.25, -0.2) is 0 Å². The van der Waals surface area contributed by atoms with Crippen LogP contribution in [-0.4, -0.2) is 68.6 Å². The topological polar surface area (TPSA) is 94.1 Å². The van der Waals surface area contributed by atoms with Gasteiger partial charge in [-0.15, -0.1) is 10.2 Å². The minimum absolute atomic E-state index is 0.164. The van der Waals surface area contributed by atoms with Gasteiger partial charge < -0.3 is 14.9 Å². The molecule has 0 atom stereocenters. The molecule has 0 spiro atoms. The van der Waals surface area contributed by atoms with Crippen molar-refractivity contribution in [3.63, 3.8) is 0 Å². The number of H-pyrrole nitrogens is 1. The molecule has 2 N–H and O–H groups in total. The predicted octanol–water partition coefficient (Wildman–Crippen LogP) is 4.16. The summed E-state index contributed by atoms with van der Waals surface area (Å²) in [6, 6.07) is 8.68. The van der Waals surface area contributed by atoms with Crippen molar-refractivity contribution in [2.45, 2.75) is 37.8 Å². The summed E-state index contributed by atoms with van der Waals surface area (Å²) in [4.78, 5) is 9.37. The molecule has 0 aliphatic heterocycles. The normalized spacial score (nSPS) is 19.0. The number of phenolic OH excluding ortho intramolecular Hbond substituents is 1. The maximum atomic E-state index is 10.6. The Bertz CT molecular complexity index is 1210. The number of aromatic amines is 1. The van der Waals surface area contributed by atoms with Gasteiger partial charge in [0.2, 0.25) is 0 Å². The fraction of sp³-hybridized carbons (Fsp3) is 0.391. The predicted molar refractivity (Wildman–Crippen MR) is 128 cm³/mol. The lowest BCUT2D eigenvalue weighted by Crippen LogP contribution is -2.40. The van der Waals surface area contributed by atoms with Gasteiger partial charge in [-0.1, -0.05) is 17.4 Å². The van der Waals surface area contributed by atoms with E-state index in [9.17, 15) is 5.11 Å². The van der Waals surface area contributed by atoms with Crippen molar-refractivity contribution in [3.8, 4) is 28.1 Å². The van der Waals surface area contributed by atoms with Gasteiger partial charge in [-0.2, -0.15) is 10.1 Å². The van der Waals surface area contributed by atoms with Crippen LogP contribution >= 0.6 is 11.3 Å². The van der Waals surface area contributed by atoms with Gasteiger partial charge in [0.15, 0.2) is 10.8 Å². The van der Waals surface area contributed by atoms with Gasteiger partial charge in [0, 0.05) is 36.5 Å². The maximum Gasteiger partial charge on any atom is 0.194 e. The number of nitrogens with zero attached hydrogens (tertiary/aromatic N) is 6. The van der Waals surface area contributed by atoms with E-state index >= 15 is 0 Å². The second-order valence-electron chi connectivity index (χ2n) is 8.67. The Balaban J connectivity index is 1.38. The first kappa shape index (κ1) is 20.8. The highest BCUT2D eigenvalue weighted by atomic mass is 32.1. The molecule has 3 heterocycles. The number of hydrogen-bond donors (Lipinski definition) is 2. The third-order valence-electron chi connectivity index (χ3n) is 6.49. The number of benzene rings is 1. The van der Waals surface area contributed by atoms with E-state index in [1.807, 2.05) is 18.2 Å². The first-order chi connectivity index (χ1) is 15.5. The molecule has 3 aromatic heterocycles. The molecule has 9 heteroatoms. The summed E-state index contributed by atoms with van der Waals surface area (Å²) in [7, 11) is 6.47. The molecule has 32 heavy (non-hydrogen) atoms. The molecular formula is C23H27N7OS. The third kappa shape index (κ3) is 3.93. The quantitative estimate of drug-likeness (QED) is 0.472. The highest BCUT2D eigenvalue weighted by Gasteiger charge is 2.26. The van der Waals surface area contributed by atoms with Crippen LogP contribution in [0, 0.1) is 0 Å². The van der Waals surface area contributed by atoms with E-state index in [-0.39, 0.29) is 5.75 Å². The second-order valence-corrected chi connectivity index (χ2v) is 9.68. The lowest BCUT2D eigenvalue weighted by atomic mass is 9.90. The summed E-state index contributed by atoms with van der Waals surface area (Å²) < 4.78 is 0.970. The zero-order valence-corrected chi connectivity index (χ0v) is 19.3. The molecule has 8 nitrogen and oxygen atoms in total. The Labute approximate surface area is 190 Å². The molecule has 1 saturated carbocycles. The van der Waals surface area contributed by atoms with Gasteiger partial charge in [0.25, 0.3) is 0 Å². The van der Waals surface area contributed by atoms with Crippen LogP contribution in [-0.2, 0) is 0 Å². The lowest BCUT2D eigenvalue weighted by molar-refractivity contribution is 0.215. The molecule has 0 radical (unpaired) electrons. The van der Waals surface area contributed by atoms with E-state index in [0.717, 1.165) is 21.0 Å². The monoisotopic (exact) mass is 449 g/mol. The molecule has 1 fully saturated rings. The Morgan fingerprint density at radius 1 is 1.00 bits per heavy atom. The number of anilines is 1. The van der Waals surface area contributed by atoms with E-state index in [4.69, 9.17) is 4.98 Å². The summed E-state index contributed by atoms with van der Waals surface area (Å²) in [5, 5.41) is 27.0. The fourth-order valence-corrected chi connectivity index (χ4v) is 5.44. The SMILES string of the molecule is CN(C)C1CCC(N(C)c2nc3nnc(-c4ccc(-c5cn[nH]c5)cc4O)cc3s2)CC1. The number of fused-ring (bicyclic) bond motifs is 1. The smallest absolute Gasteiger partial charge is 0.194 e. The molecule has 1 aromatic carbocycles. The molecule has 0 saturated heterocycles. The molecule has 166 valence electrons. The average molecular weight is 450 g/mol. The highest BCUT2D eigenvalue weighted by Crippen LogP contribution is 2.36. The van der Waals surface area contributed by atoms with Gasteiger partial charge in [0.05, 0.1) is 16.6 Å². The molecular weight excluding hydrogens is 422 g/mol. The first-order valence-electron chi connectivity index (χ1n) is 10.9. The number of hydrogen-bond acceptors (Lipinski definition) is 8. The summed E-state index contributed by atoms with van der Waals surface area (Å²) in [5.74, 6) is 0.164. The molecule has 4 aromatic rings. The van der Waals surface area contributed by atoms with Crippen molar-refractivity contribution in [1.29, 1.82) is 0 Å². The van der Waals surface area contributed by atoms with Crippen molar-refractivity contribution in [3.05, 3.63) is 36.7 Å². The van der Waals surface area contributed by atoms with Gasteiger partial charge in [-0.05, 0) is 63.5 Å². The average Bonchev–Trinajstić information content (AvgIpc) is 3.48. The summed E-state index contributed by atoms with van der Waals surface area (Å²) in [6.45, 7) is 0. The van der Waals surface area contributed by atoms with E-state index in [1.165, 1.54) is 25.7 Å². The minimum Gasteiger partial charge on any atom is -0.507 e. The number of thiazole rings is 1. The number of rotatable bonds is 5. The van der Waals surface area contributed by atoms with Crippen molar-refractivity contribution in [2.24, 2.45) is 0 Å². The van der Waals surface area contributed by atoms with Crippen molar-refractivity contribution >= 4 is 26.8 Å². The number of phenols is 1. The Morgan fingerprint density at radius 3 is 2.47 bits per heavy atom. The van der Waals surface area contributed by atoms with Crippen LogP contribution in [0.1, 0.15) is 25.7 Å². The summed E-state index contributed by atoms with van der Waals surface area (Å²) >= 11 is 1.63. The fourth-order valence-electron chi connectivity index (χ4n) is 4.47. The molecule has 0 amide bonds. The zero-order valence-electron chi connectivity index (χ0n) is 18.5. The Kier molecular flexibility index (Phi) is 5.52. The number of aromatic nitrogens is 5. The van der Waals surface area contributed by atoms with E-state index in [0.29, 0.717) is 29.0 Å². The van der Waals surface area contributed by atoms with E-state index in [1.54, 1.807) is 29.8 Å². The second kappa shape index (κ2) is 8.48. The van der Waals surface area contributed by atoms with Crippen LogP contribution in [0.5, 0.6) is 5.75 Å². The standard InChI is InChI=1S/C23H27N7OS/c1-29(2)16-5-7-17(8-6-16)30(3)23-26-22-21(32-23)11-19(27-28-22)18-9-4-14(10-20(18)31)15-12-24-25-13-15/h4,9-13,16-17,31H,5-8H2,1-3H3,(H,24,25). The molecule has 0 bridgehead atoms. The maximum absolute atomic E-state index is 10.6. The summed E-state index contributed by atoms with van der Waals surface area (Å²) in [5.41, 5.74) is 3.75. The van der Waals surface area contributed by atoms with Crippen LogP contribution in [0.4, 0.5) is 5.13 Å². The van der Waals surface area contributed by atoms with E-state index < -0.39 is 0 Å². The number of aromatic hydroxyl groups is 1. The van der Waals surface area contributed by atoms with Gasteiger partial charge >= 0.3 is 0 Å². The largest absolute Gasteiger partial charge is 0.507 e. The van der Waals surface area contributed by atoms with Crippen LogP contribution in [0.2, 0.25) is 0 Å². The van der Waals surface area contributed by atoms with Crippen LogP contribution in [0.25, 0.3) is 32.7 Å². The zero-order chi connectivity index (χ0) is 22.2. The van der Waals surface area contributed by atoms with Crippen LogP contribution < -0.4 is 4.90 Å². The van der Waals surface area contributed by atoms with Crippen LogP contribution in [0.3, 0.4) is 0 Å². The molecule has 0 unspecified atom stereocenters. The molecule has 1 aliphatic carbocycles. The first-order valence-corrected chi connectivity index (χ1v) is 11.7. The van der Waals surface area contributed by atoms with Crippen molar-refractivity contribution < 1.29 is 5.11 Å². The van der Waals surface area contributed by atoms with Crippen molar-refractivity contribution in [1.82, 2.24) is 30.3 Å². The molecule has 1 aliphatic rings.